The minimum absolute atomic E-state index is 0.176. The fourth-order valence-corrected chi connectivity index (χ4v) is 1.34. The van der Waals surface area contributed by atoms with Gasteiger partial charge < -0.3 is 0 Å². The topological polar surface area (TPSA) is 30.2 Å². The third-order valence-electron chi connectivity index (χ3n) is 2.09. The van der Waals surface area contributed by atoms with E-state index in [9.17, 15) is 17.6 Å². The number of hydrogen-bond donors (Lipinski definition) is 0. The number of hydrogen-bond acceptors (Lipinski definition) is 2. The summed E-state index contributed by atoms with van der Waals surface area (Å²) in [7, 11) is 0. The van der Waals surface area contributed by atoms with Crippen LogP contribution in [0, 0.1) is 5.82 Å². The Bertz CT molecular complexity index is 529. The molecule has 0 radical (unpaired) electrons. The van der Waals surface area contributed by atoms with Crippen molar-refractivity contribution in [3.8, 4) is 0 Å². The summed E-state index contributed by atoms with van der Waals surface area (Å²) in [6.45, 7) is 1.68. The van der Waals surface area contributed by atoms with Gasteiger partial charge in [0.05, 0.1) is 0 Å². The number of fused-ring (bicyclic) bond motifs is 1. The van der Waals surface area contributed by atoms with Crippen LogP contribution in [0.15, 0.2) is 12.1 Å². The summed E-state index contributed by atoms with van der Waals surface area (Å²) < 4.78 is 51.4. The van der Waals surface area contributed by atoms with Crippen LogP contribution in [0.4, 0.5) is 17.6 Å². The van der Waals surface area contributed by atoms with E-state index in [1.54, 1.807) is 6.92 Å². The molecule has 0 aromatic carbocycles. The largest absolute Gasteiger partial charge is 0.433 e. The molecule has 0 bridgehead atoms. The fourth-order valence-electron chi connectivity index (χ4n) is 1.34. The molecule has 0 aliphatic carbocycles. The highest BCUT2D eigenvalue weighted by Gasteiger charge is 2.35. The maximum atomic E-state index is 13.2. The highest BCUT2D eigenvalue weighted by atomic mass is 19.4. The normalized spacial score (nSPS) is 12.3. The quantitative estimate of drug-likeness (QED) is 0.708. The van der Waals surface area contributed by atoms with Gasteiger partial charge in [0.15, 0.2) is 17.3 Å². The maximum absolute atomic E-state index is 13.2. The van der Waals surface area contributed by atoms with E-state index in [0.29, 0.717) is 17.0 Å². The third-order valence-corrected chi connectivity index (χ3v) is 2.09. The Morgan fingerprint density at radius 3 is 2.56 bits per heavy atom. The van der Waals surface area contributed by atoms with Crippen LogP contribution in [-0.4, -0.2) is 14.6 Å². The summed E-state index contributed by atoms with van der Waals surface area (Å²) in [5.41, 5.74) is -1.43. The van der Waals surface area contributed by atoms with Crippen LogP contribution in [0.25, 0.3) is 5.65 Å². The molecule has 2 aromatic rings. The standard InChI is InChI=1S/C9H7F4N3/c1-2-7-14-8-5(10)3-4-6(9(11,12)13)16(8)15-7/h3-4H,2H2,1H3. The minimum Gasteiger partial charge on any atom is -0.209 e. The SMILES string of the molecule is CCc1nc2c(F)ccc(C(F)(F)F)n2n1. The first kappa shape index (κ1) is 10.8. The van der Waals surface area contributed by atoms with Gasteiger partial charge in [-0.15, -0.1) is 0 Å². The Morgan fingerprint density at radius 1 is 1.31 bits per heavy atom. The molecular formula is C9H7F4N3. The van der Waals surface area contributed by atoms with Gasteiger partial charge in [0.1, 0.15) is 5.69 Å². The summed E-state index contributed by atoms with van der Waals surface area (Å²) in [4.78, 5) is 3.68. The summed E-state index contributed by atoms with van der Waals surface area (Å²) in [6, 6.07) is 1.39. The lowest BCUT2D eigenvalue weighted by atomic mass is 10.3. The molecule has 0 fully saturated rings. The van der Waals surface area contributed by atoms with Gasteiger partial charge in [0.25, 0.3) is 0 Å². The number of aryl methyl sites for hydroxylation is 1. The van der Waals surface area contributed by atoms with Crippen molar-refractivity contribution < 1.29 is 17.6 Å². The molecule has 7 heteroatoms. The summed E-state index contributed by atoms with van der Waals surface area (Å²) in [5.74, 6) is -0.643. The lowest BCUT2D eigenvalue weighted by Gasteiger charge is -2.07. The zero-order valence-corrected chi connectivity index (χ0v) is 8.22. The van der Waals surface area contributed by atoms with E-state index in [2.05, 4.69) is 10.1 Å². The van der Waals surface area contributed by atoms with Crippen molar-refractivity contribution in [1.82, 2.24) is 14.6 Å². The molecule has 0 saturated heterocycles. The van der Waals surface area contributed by atoms with Crippen LogP contribution in [-0.2, 0) is 12.6 Å². The van der Waals surface area contributed by atoms with Gasteiger partial charge in [0, 0.05) is 6.42 Å². The minimum atomic E-state index is -4.58. The Morgan fingerprint density at radius 2 is 2.00 bits per heavy atom. The molecule has 2 heterocycles. The average Bonchev–Trinajstić information content (AvgIpc) is 2.60. The van der Waals surface area contributed by atoms with Crippen molar-refractivity contribution in [1.29, 1.82) is 0 Å². The number of nitrogens with zero attached hydrogens (tertiary/aromatic N) is 3. The van der Waals surface area contributed by atoms with E-state index in [4.69, 9.17) is 0 Å². The highest BCUT2D eigenvalue weighted by Crippen LogP contribution is 2.29. The Labute approximate surface area is 87.7 Å². The number of rotatable bonds is 1. The van der Waals surface area contributed by atoms with Gasteiger partial charge in [-0.05, 0) is 12.1 Å². The zero-order valence-electron chi connectivity index (χ0n) is 8.22. The molecule has 0 atom stereocenters. The molecule has 0 unspecified atom stereocenters. The van der Waals surface area contributed by atoms with E-state index in [0.717, 1.165) is 6.07 Å². The zero-order chi connectivity index (χ0) is 11.9. The predicted octanol–water partition coefficient (Wildman–Crippen LogP) is 2.45. The molecule has 2 rings (SSSR count). The smallest absolute Gasteiger partial charge is 0.209 e. The number of halogens is 4. The fraction of sp³-hybridized carbons (Fsp3) is 0.333. The molecule has 0 saturated carbocycles. The molecule has 2 aromatic heterocycles. The van der Waals surface area contributed by atoms with Crippen molar-refractivity contribution >= 4 is 5.65 Å². The van der Waals surface area contributed by atoms with Gasteiger partial charge >= 0.3 is 6.18 Å². The number of pyridine rings is 1. The molecule has 0 aliphatic heterocycles. The molecule has 0 amide bonds. The molecular weight excluding hydrogens is 226 g/mol. The monoisotopic (exact) mass is 233 g/mol. The second-order valence-electron chi connectivity index (χ2n) is 3.18. The average molecular weight is 233 g/mol. The Kier molecular flexibility index (Phi) is 2.32. The van der Waals surface area contributed by atoms with Gasteiger partial charge in [-0.25, -0.2) is 13.9 Å². The van der Waals surface area contributed by atoms with Crippen molar-refractivity contribution in [3.05, 3.63) is 29.5 Å². The molecule has 0 N–H and O–H groups in total. The van der Waals surface area contributed by atoms with Crippen LogP contribution in [0.3, 0.4) is 0 Å². The van der Waals surface area contributed by atoms with E-state index < -0.39 is 23.3 Å². The molecule has 0 aliphatic rings. The van der Waals surface area contributed by atoms with E-state index in [1.807, 2.05) is 0 Å². The third kappa shape index (κ3) is 1.62. The maximum Gasteiger partial charge on any atom is 0.433 e. The molecule has 86 valence electrons. The van der Waals surface area contributed by atoms with E-state index in [-0.39, 0.29) is 5.82 Å². The van der Waals surface area contributed by atoms with Crippen molar-refractivity contribution in [2.75, 3.05) is 0 Å². The Hall–Kier alpha value is -1.66. The van der Waals surface area contributed by atoms with Gasteiger partial charge in [0.2, 0.25) is 0 Å². The lowest BCUT2D eigenvalue weighted by Crippen LogP contribution is -2.13. The number of aromatic nitrogens is 3. The number of alkyl halides is 3. The summed E-state index contributed by atoms with van der Waals surface area (Å²) in [5, 5.41) is 3.60. The second kappa shape index (κ2) is 3.43. The van der Waals surface area contributed by atoms with Crippen molar-refractivity contribution in [3.63, 3.8) is 0 Å². The van der Waals surface area contributed by atoms with Crippen LogP contribution < -0.4 is 0 Å². The first-order valence-electron chi connectivity index (χ1n) is 4.55. The predicted molar refractivity (Wildman–Crippen MR) is 47.3 cm³/mol. The summed E-state index contributed by atoms with van der Waals surface area (Å²) >= 11 is 0. The molecule has 0 spiro atoms. The van der Waals surface area contributed by atoms with Crippen molar-refractivity contribution in [2.45, 2.75) is 19.5 Å². The second-order valence-corrected chi connectivity index (χ2v) is 3.18. The first-order chi connectivity index (χ1) is 7.43. The molecule has 3 nitrogen and oxygen atoms in total. The van der Waals surface area contributed by atoms with E-state index in [1.165, 1.54) is 0 Å². The van der Waals surface area contributed by atoms with Gasteiger partial charge in [-0.2, -0.15) is 18.3 Å². The Balaban J connectivity index is 2.77. The van der Waals surface area contributed by atoms with Crippen LogP contribution in [0.5, 0.6) is 0 Å². The van der Waals surface area contributed by atoms with Crippen LogP contribution >= 0.6 is 0 Å². The highest BCUT2D eigenvalue weighted by molar-refractivity contribution is 5.41. The van der Waals surface area contributed by atoms with Gasteiger partial charge in [-0.3, -0.25) is 0 Å². The summed E-state index contributed by atoms with van der Waals surface area (Å²) in [6.07, 6.45) is -4.23. The van der Waals surface area contributed by atoms with E-state index >= 15 is 0 Å². The van der Waals surface area contributed by atoms with Crippen LogP contribution in [0.2, 0.25) is 0 Å². The lowest BCUT2D eigenvalue weighted by molar-refractivity contribution is -0.142. The first-order valence-corrected chi connectivity index (χ1v) is 4.55. The van der Waals surface area contributed by atoms with Crippen LogP contribution in [0.1, 0.15) is 18.4 Å². The van der Waals surface area contributed by atoms with Gasteiger partial charge in [-0.1, -0.05) is 6.92 Å². The van der Waals surface area contributed by atoms with Crippen molar-refractivity contribution in [2.24, 2.45) is 0 Å². The molecule has 16 heavy (non-hydrogen) atoms.